The minimum Gasteiger partial charge on any atom is -0.353 e. The average molecular weight is 235 g/mol. The molecule has 0 aromatic rings. The van der Waals surface area contributed by atoms with Crippen LogP contribution in [0.15, 0.2) is 0 Å². The second-order valence-corrected chi connectivity index (χ2v) is 5.37. The normalized spacial score (nSPS) is 22.4. The van der Waals surface area contributed by atoms with Gasteiger partial charge in [-0.2, -0.15) is 5.26 Å². The molecule has 1 amide bonds. The van der Waals surface area contributed by atoms with Crippen molar-refractivity contribution in [2.45, 2.75) is 44.6 Å². The third-order valence-corrected chi connectivity index (χ3v) is 4.10. The van der Waals surface area contributed by atoms with Crippen molar-refractivity contribution in [3.63, 3.8) is 0 Å². The molecular weight excluding hydrogens is 214 g/mol. The molecule has 94 valence electrons. The Morgan fingerprint density at radius 3 is 2.65 bits per heavy atom. The fourth-order valence-electron chi connectivity index (χ4n) is 2.56. The molecule has 0 spiro atoms. The van der Waals surface area contributed by atoms with Gasteiger partial charge < -0.3 is 10.2 Å². The number of rotatable bonds is 5. The van der Waals surface area contributed by atoms with Gasteiger partial charge in [-0.25, -0.2) is 0 Å². The van der Waals surface area contributed by atoms with Crippen LogP contribution in [-0.2, 0) is 4.79 Å². The Balaban J connectivity index is 1.66. The lowest BCUT2D eigenvalue weighted by Gasteiger charge is -2.24. The zero-order valence-electron chi connectivity index (χ0n) is 10.5. The number of amides is 1. The van der Waals surface area contributed by atoms with Crippen molar-refractivity contribution < 1.29 is 4.79 Å². The maximum Gasteiger partial charge on any atom is 0.240 e. The first-order valence-electron chi connectivity index (χ1n) is 6.58. The topological polar surface area (TPSA) is 56.1 Å². The summed E-state index contributed by atoms with van der Waals surface area (Å²) in [6, 6.07) is 2.81. The first-order chi connectivity index (χ1) is 8.18. The van der Waals surface area contributed by atoms with Crippen LogP contribution in [0.4, 0.5) is 0 Å². The number of carbonyl (C=O) groups is 1. The molecule has 0 aromatic carbocycles. The lowest BCUT2D eigenvalue weighted by Crippen LogP contribution is -2.39. The quantitative estimate of drug-likeness (QED) is 0.781. The molecule has 1 N–H and O–H groups in total. The molecule has 0 atom stereocenters. The van der Waals surface area contributed by atoms with Crippen molar-refractivity contribution in [3.8, 4) is 6.07 Å². The minimum absolute atomic E-state index is 0.0696. The molecule has 2 aliphatic carbocycles. The zero-order valence-corrected chi connectivity index (χ0v) is 10.5. The van der Waals surface area contributed by atoms with Crippen LogP contribution in [0.25, 0.3) is 0 Å². The first kappa shape index (κ1) is 12.4. The first-order valence-corrected chi connectivity index (χ1v) is 6.58. The van der Waals surface area contributed by atoms with E-state index in [-0.39, 0.29) is 5.91 Å². The van der Waals surface area contributed by atoms with E-state index in [1.54, 1.807) is 0 Å². The highest BCUT2D eigenvalue weighted by atomic mass is 16.2. The van der Waals surface area contributed by atoms with Crippen molar-refractivity contribution in [2.24, 2.45) is 5.41 Å². The Hall–Kier alpha value is -1.08. The van der Waals surface area contributed by atoms with Gasteiger partial charge in [0, 0.05) is 19.1 Å². The molecular formula is C13H21N3O. The highest BCUT2D eigenvalue weighted by molar-refractivity contribution is 5.88. The van der Waals surface area contributed by atoms with Crippen LogP contribution in [0.1, 0.15) is 38.5 Å². The van der Waals surface area contributed by atoms with Crippen LogP contribution in [0.3, 0.4) is 0 Å². The van der Waals surface area contributed by atoms with E-state index in [9.17, 15) is 4.79 Å². The summed E-state index contributed by atoms with van der Waals surface area (Å²) in [7, 11) is 2.12. The minimum atomic E-state index is -0.675. The van der Waals surface area contributed by atoms with Crippen LogP contribution in [0.5, 0.6) is 0 Å². The van der Waals surface area contributed by atoms with E-state index in [2.05, 4.69) is 23.3 Å². The highest BCUT2D eigenvalue weighted by Gasteiger charge is 2.50. The summed E-state index contributed by atoms with van der Waals surface area (Å²) in [6.07, 6.45) is 6.69. The molecule has 2 aliphatic rings. The number of hydrogen-bond donors (Lipinski definition) is 1. The van der Waals surface area contributed by atoms with E-state index in [0.717, 1.165) is 19.4 Å². The standard InChI is InChI=1S/C13H21N3O/c1-16(11-4-2-3-5-11)9-8-15-12(17)13(10-14)6-7-13/h11H,2-9H2,1H3,(H,15,17). The Kier molecular flexibility index (Phi) is 3.68. The predicted octanol–water partition coefficient (Wildman–Crippen LogP) is 1.28. The largest absolute Gasteiger partial charge is 0.353 e. The maximum atomic E-state index is 11.7. The lowest BCUT2D eigenvalue weighted by molar-refractivity contribution is -0.124. The fourth-order valence-corrected chi connectivity index (χ4v) is 2.56. The fraction of sp³-hybridized carbons (Fsp3) is 0.846. The lowest BCUT2D eigenvalue weighted by atomic mass is 10.1. The average Bonchev–Trinajstić information content (AvgIpc) is 2.95. The van der Waals surface area contributed by atoms with Crippen LogP contribution in [0.2, 0.25) is 0 Å². The monoisotopic (exact) mass is 235 g/mol. The summed E-state index contributed by atoms with van der Waals surface area (Å²) < 4.78 is 0. The summed E-state index contributed by atoms with van der Waals surface area (Å²) in [5.74, 6) is -0.0696. The Morgan fingerprint density at radius 1 is 1.47 bits per heavy atom. The van der Waals surface area contributed by atoms with Crippen molar-refractivity contribution in [3.05, 3.63) is 0 Å². The zero-order chi connectivity index (χ0) is 12.3. The molecule has 0 radical (unpaired) electrons. The van der Waals surface area contributed by atoms with E-state index in [1.807, 2.05) is 0 Å². The van der Waals surface area contributed by atoms with Crippen molar-refractivity contribution in [1.29, 1.82) is 5.26 Å². The molecule has 0 unspecified atom stereocenters. The highest BCUT2D eigenvalue weighted by Crippen LogP contribution is 2.44. The molecule has 2 saturated carbocycles. The number of hydrogen-bond acceptors (Lipinski definition) is 3. The second-order valence-electron chi connectivity index (χ2n) is 5.37. The Bertz CT molecular complexity index is 324. The van der Waals surface area contributed by atoms with E-state index < -0.39 is 5.41 Å². The van der Waals surface area contributed by atoms with Gasteiger partial charge >= 0.3 is 0 Å². The molecule has 17 heavy (non-hydrogen) atoms. The van der Waals surface area contributed by atoms with Gasteiger partial charge in [-0.1, -0.05) is 12.8 Å². The van der Waals surface area contributed by atoms with Gasteiger partial charge in [0.25, 0.3) is 0 Å². The smallest absolute Gasteiger partial charge is 0.240 e. The molecule has 0 bridgehead atoms. The Morgan fingerprint density at radius 2 is 2.12 bits per heavy atom. The van der Waals surface area contributed by atoms with E-state index in [4.69, 9.17) is 5.26 Å². The van der Waals surface area contributed by atoms with Crippen LogP contribution >= 0.6 is 0 Å². The molecule has 4 nitrogen and oxygen atoms in total. The molecule has 4 heteroatoms. The summed E-state index contributed by atoms with van der Waals surface area (Å²) in [4.78, 5) is 14.0. The predicted molar refractivity (Wildman–Crippen MR) is 65.2 cm³/mol. The number of nitriles is 1. The van der Waals surface area contributed by atoms with Crippen LogP contribution in [0, 0.1) is 16.7 Å². The molecule has 0 aliphatic heterocycles. The summed E-state index contributed by atoms with van der Waals surface area (Å²) in [5, 5.41) is 11.8. The van der Waals surface area contributed by atoms with E-state index >= 15 is 0 Å². The Labute approximate surface area is 103 Å². The van der Waals surface area contributed by atoms with Gasteiger partial charge in [0.2, 0.25) is 5.91 Å². The number of likely N-dealkylation sites (N-methyl/N-ethyl adjacent to an activating group) is 1. The molecule has 0 saturated heterocycles. The van der Waals surface area contributed by atoms with Gasteiger partial charge in [0.15, 0.2) is 0 Å². The second kappa shape index (κ2) is 5.05. The summed E-state index contributed by atoms with van der Waals surface area (Å²) in [5.41, 5.74) is -0.675. The molecule has 0 aromatic heterocycles. The van der Waals surface area contributed by atoms with E-state index in [1.165, 1.54) is 25.7 Å². The van der Waals surface area contributed by atoms with E-state index in [0.29, 0.717) is 12.6 Å². The van der Waals surface area contributed by atoms with Crippen molar-refractivity contribution in [1.82, 2.24) is 10.2 Å². The molecule has 2 rings (SSSR count). The maximum absolute atomic E-state index is 11.7. The van der Waals surface area contributed by atoms with Gasteiger partial charge in [-0.05, 0) is 32.7 Å². The van der Waals surface area contributed by atoms with Crippen molar-refractivity contribution in [2.75, 3.05) is 20.1 Å². The van der Waals surface area contributed by atoms with Gasteiger partial charge in [0.1, 0.15) is 5.41 Å². The summed E-state index contributed by atoms with van der Waals surface area (Å²) in [6.45, 7) is 1.55. The SMILES string of the molecule is CN(CCNC(=O)C1(C#N)CC1)C1CCCC1. The van der Waals surface area contributed by atoms with Gasteiger partial charge in [0.05, 0.1) is 6.07 Å². The van der Waals surface area contributed by atoms with Crippen molar-refractivity contribution >= 4 is 5.91 Å². The third kappa shape index (κ3) is 2.78. The molecule has 0 heterocycles. The van der Waals surface area contributed by atoms with Gasteiger partial charge in [-0.3, -0.25) is 4.79 Å². The van der Waals surface area contributed by atoms with Crippen LogP contribution < -0.4 is 5.32 Å². The van der Waals surface area contributed by atoms with Gasteiger partial charge in [-0.15, -0.1) is 0 Å². The molecule has 2 fully saturated rings. The number of nitrogens with zero attached hydrogens (tertiary/aromatic N) is 2. The van der Waals surface area contributed by atoms with Crippen LogP contribution in [-0.4, -0.2) is 37.0 Å². The third-order valence-electron chi connectivity index (χ3n) is 4.10. The number of nitrogens with one attached hydrogen (secondary N) is 1. The number of carbonyl (C=O) groups excluding carboxylic acids is 1. The summed E-state index contributed by atoms with van der Waals surface area (Å²) >= 11 is 0.